The lowest BCUT2D eigenvalue weighted by Crippen LogP contribution is -2.54. The molecule has 3 rings (SSSR count). The molecule has 8 nitrogen and oxygen atoms in total. The molecule has 3 N–H and O–H groups in total. The van der Waals surface area contributed by atoms with E-state index in [1.54, 1.807) is 10.4 Å². The number of amides is 1. The molecule has 2 atom stereocenters. The summed E-state index contributed by atoms with van der Waals surface area (Å²) in [5, 5.41) is 6.88. The molecule has 1 aliphatic carbocycles. The Labute approximate surface area is 160 Å². The minimum absolute atomic E-state index is 0.0760. The number of nitrogens with one attached hydrogen (secondary N) is 1. The van der Waals surface area contributed by atoms with Crippen LogP contribution >= 0.6 is 0 Å². The Morgan fingerprint density at radius 3 is 2.78 bits per heavy atom. The van der Waals surface area contributed by atoms with Crippen molar-refractivity contribution in [2.75, 3.05) is 18.8 Å². The van der Waals surface area contributed by atoms with Crippen molar-refractivity contribution in [1.82, 2.24) is 14.8 Å². The van der Waals surface area contributed by atoms with E-state index in [0.29, 0.717) is 44.0 Å². The van der Waals surface area contributed by atoms with Gasteiger partial charge in [-0.1, -0.05) is 19.0 Å². The molecule has 27 heavy (non-hydrogen) atoms. The van der Waals surface area contributed by atoms with Crippen LogP contribution in [0.15, 0.2) is 10.6 Å². The average molecular weight is 399 g/mol. The summed E-state index contributed by atoms with van der Waals surface area (Å²) in [4.78, 5) is 12.5. The molecule has 0 bridgehead atoms. The van der Waals surface area contributed by atoms with Gasteiger partial charge in [-0.2, -0.15) is 4.31 Å². The van der Waals surface area contributed by atoms with Crippen molar-refractivity contribution in [2.45, 2.75) is 64.0 Å². The van der Waals surface area contributed by atoms with Gasteiger partial charge in [0.2, 0.25) is 10.0 Å². The van der Waals surface area contributed by atoms with Crippen molar-refractivity contribution in [1.29, 1.82) is 0 Å². The van der Waals surface area contributed by atoms with Crippen molar-refractivity contribution < 1.29 is 17.7 Å². The van der Waals surface area contributed by atoms with Gasteiger partial charge < -0.3 is 15.6 Å². The van der Waals surface area contributed by atoms with E-state index >= 15 is 0 Å². The van der Waals surface area contributed by atoms with E-state index in [1.807, 2.05) is 13.8 Å². The molecule has 0 aromatic carbocycles. The van der Waals surface area contributed by atoms with Crippen LogP contribution in [0.4, 0.5) is 0 Å². The molecule has 1 amide bonds. The second-order valence-electron chi connectivity index (χ2n) is 7.96. The van der Waals surface area contributed by atoms with Gasteiger partial charge >= 0.3 is 0 Å². The van der Waals surface area contributed by atoms with Crippen molar-refractivity contribution in [3.63, 3.8) is 0 Å². The van der Waals surface area contributed by atoms with Gasteiger partial charge in [0.25, 0.3) is 5.91 Å². The first-order chi connectivity index (χ1) is 12.8. The van der Waals surface area contributed by atoms with Crippen LogP contribution in [0.5, 0.6) is 0 Å². The van der Waals surface area contributed by atoms with Crippen molar-refractivity contribution in [2.24, 2.45) is 11.7 Å². The van der Waals surface area contributed by atoms with Crippen LogP contribution in [0.25, 0.3) is 0 Å². The second-order valence-corrected chi connectivity index (χ2v) is 10.0. The molecule has 1 aromatic heterocycles. The van der Waals surface area contributed by atoms with Gasteiger partial charge in [-0.3, -0.25) is 4.79 Å². The minimum Gasteiger partial charge on any atom is -0.360 e. The number of sulfonamides is 1. The highest BCUT2D eigenvalue weighted by molar-refractivity contribution is 7.89. The lowest BCUT2D eigenvalue weighted by atomic mass is 9.91. The number of aromatic nitrogens is 1. The Balaban J connectivity index is 1.62. The zero-order chi connectivity index (χ0) is 19.6. The third-order valence-corrected chi connectivity index (χ3v) is 7.38. The molecule has 1 aromatic rings. The highest BCUT2D eigenvalue weighted by Gasteiger charge is 2.38. The fraction of sp³-hybridized carbons (Fsp3) is 0.778. The van der Waals surface area contributed by atoms with Crippen LogP contribution in [-0.4, -0.2) is 54.7 Å². The van der Waals surface area contributed by atoms with Crippen LogP contribution in [0.1, 0.15) is 68.1 Å². The third kappa shape index (κ3) is 4.89. The first-order valence-electron chi connectivity index (χ1n) is 9.79. The van der Waals surface area contributed by atoms with Crippen LogP contribution < -0.4 is 11.1 Å². The smallest absolute Gasteiger partial charge is 0.273 e. The monoisotopic (exact) mass is 398 g/mol. The van der Waals surface area contributed by atoms with E-state index in [0.717, 1.165) is 18.6 Å². The fourth-order valence-corrected chi connectivity index (χ4v) is 5.55. The summed E-state index contributed by atoms with van der Waals surface area (Å²) in [6.07, 6.45) is 3.81. The van der Waals surface area contributed by atoms with Gasteiger partial charge in [0.1, 0.15) is 5.76 Å². The number of rotatable bonds is 8. The standard InChI is InChI=1S/C18H30N4O4S/c1-12(2)16-10-14(6-8-22(16)27(24,25)9-3-7-19)20-18(23)15-11-17(26-21-15)13-4-5-13/h11-14,16H,3-10,19H2,1-2H3,(H,20,23)/t14-,16+/m0/s1. The van der Waals surface area contributed by atoms with Crippen molar-refractivity contribution in [3.05, 3.63) is 17.5 Å². The maximum atomic E-state index is 12.6. The SMILES string of the molecule is CC(C)[C@H]1C[C@@H](NC(=O)c2cc(C3CC3)on2)CCN1S(=O)(=O)CCCN. The number of piperidine rings is 1. The average Bonchev–Trinajstić information content (AvgIpc) is 3.36. The van der Waals surface area contributed by atoms with Gasteiger partial charge in [-0.15, -0.1) is 0 Å². The van der Waals surface area contributed by atoms with Crippen LogP contribution in [0, 0.1) is 5.92 Å². The lowest BCUT2D eigenvalue weighted by molar-refractivity contribution is 0.0890. The molecule has 1 saturated carbocycles. The predicted molar refractivity (Wildman–Crippen MR) is 102 cm³/mol. The maximum absolute atomic E-state index is 12.6. The van der Waals surface area contributed by atoms with Gasteiger partial charge in [-0.05, 0) is 44.6 Å². The number of carbonyl (C=O) groups is 1. The molecule has 2 fully saturated rings. The zero-order valence-corrected chi connectivity index (χ0v) is 16.9. The molecular formula is C18H30N4O4S. The topological polar surface area (TPSA) is 119 Å². The van der Waals surface area contributed by atoms with E-state index < -0.39 is 10.0 Å². The summed E-state index contributed by atoms with van der Waals surface area (Å²) in [6.45, 7) is 4.80. The lowest BCUT2D eigenvalue weighted by Gasteiger charge is -2.40. The molecular weight excluding hydrogens is 368 g/mol. The summed E-state index contributed by atoms with van der Waals surface area (Å²) in [5.74, 6) is 1.17. The molecule has 0 radical (unpaired) electrons. The highest BCUT2D eigenvalue weighted by Crippen LogP contribution is 2.40. The minimum atomic E-state index is -3.33. The second kappa shape index (κ2) is 8.28. The Bertz CT molecular complexity index is 757. The van der Waals surface area contributed by atoms with E-state index in [4.69, 9.17) is 10.3 Å². The van der Waals surface area contributed by atoms with Gasteiger partial charge in [-0.25, -0.2) is 8.42 Å². The van der Waals surface area contributed by atoms with E-state index in [2.05, 4.69) is 10.5 Å². The van der Waals surface area contributed by atoms with Crippen molar-refractivity contribution >= 4 is 15.9 Å². The van der Waals surface area contributed by atoms with E-state index in [9.17, 15) is 13.2 Å². The molecule has 152 valence electrons. The summed E-state index contributed by atoms with van der Waals surface area (Å²) in [6, 6.07) is 1.51. The summed E-state index contributed by atoms with van der Waals surface area (Å²) in [7, 11) is -3.33. The summed E-state index contributed by atoms with van der Waals surface area (Å²) in [5.41, 5.74) is 5.77. The van der Waals surface area contributed by atoms with E-state index in [1.165, 1.54) is 0 Å². The van der Waals surface area contributed by atoms with Gasteiger partial charge in [0, 0.05) is 30.6 Å². The molecule has 2 heterocycles. The molecule has 1 aliphatic heterocycles. The third-order valence-electron chi connectivity index (χ3n) is 5.40. The molecule has 1 saturated heterocycles. The molecule has 0 unspecified atom stereocenters. The number of nitrogens with zero attached hydrogens (tertiary/aromatic N) is 2. The fourth-order valence-electron chi connectivity index (χ4n) is 3.66. The quantitative estimate of drug-likeness (QED) is 0.684. The summed E-state index contributed by atoms with van der Waals surface area (Å²) >= 11 is 0. The van der Waals surface area contributed by atoms with Gasteiger partial charge in [0.15, 0.2) is 5.69 Å². The predicted octanol–water partition coefficient (Wildman–Crippen LogP) is 1.45. The number of hydrogen-bond donors (Lipinski definition) is 2. The summed E-state index contributed by atoms with van der Waals surface area (Å²) < 4.78 is 32.1. The first-order valence-corrected chi connectivity index (χ1v) is 11.4. The Hall–Kier alpha value is -1.45. The normalized spacial score (nSPS) is 24.3. The Morgan fingerprint density at radius 2 is 2.15 bits per heavy atom. The zero-order valence-electron chi connectivity index (χ0n) is 16.1. The molecule has 2 aliphatic rings. The molecule has 0 spiro atoms. The Kier molecular flexibility index (Phi) is 6.22. The van der Waals surface area contributed by atoms with Crippen molar-refractivity contribution in [3.8, 4) is 0 Å². The highest BCUT2D eigenvalue weighted by atomic mass is 32.2. The first kappa shape index (κ1) is 20.3. The largest absolute Gasteiger partial charge is 0.360 e. The maximum Gasteiger partial charge on any atom is 0.273 e. The number of nitrogens with two attached hydrogens (primary N) is 1. The van der Waals surface area contributed by atoms with Gasteiger partial charge in [0.05, 0.1) is 5.75 Å². The number of carbonyl (C=O) groups excluding carboxylic acids is 1. The molecule has 9 heteroatoms. The number of hydrogen-bond acceptors (Lipinski definition) is 6. The van der Waals surface area contributed by atoms with Crippen LogP contribution in [0.2, 0.25) is 0 Å². The Morgan fingerprint density at radius 1 is 1.41 bits per heavy atom. The van der Waals surface area contributed by atoms with E-state index in [-0.39, 0.29) is 29.7 Å². The van der Waals surface area contributed by atoms with Crippen LogP contribution in [0.3, 0.4) is 0 Å². The van der Waals surface area contributed by atoms with Crippen LogP contribution in [-0.2, 0) is 10.0 Å².